The SMILES string of the molecule is Cc1nccnc1C(C)N1CC(N2CCNCC2)C1. The Morgan fingerprint density at radius 1 is 1.21 bits per heavy atom. The molecule has 19 heavy (non-hydrogen) atoms. The molecule has 0 bridgehead atoms. The Morgan fingerprint density at radius 2 is 1.89 bits per heavy atom. The molecule has 1 aromatic rings. The molecule has 5 nitrogen and oxygen atoms in total. The van der Waals surface area contributed by atoms with Crippen molar-refractivity contribution in [3.05, 3.63) is 23.8 Å². The van der Waals surface area contributed by atoms with Crippen LogP contribution in [0.1, 0.15) is 24.4 Å². The first-order valence-corrected chi connectivity index (χ1v) is 7.22. The van der Waals surface area contributed by atoms with E-state index in [4.69, 9.17) is 0 Å². The van der Waals surface area contributed by atoms with Gasteiger partial charge in [0.15, 0.2) is 0 Å². The molecule has 2 aliphatic heterocycles. The van der Waals surface area contributed by atoms with Crippen molar-refractivity contribution in [3.63, 3.8) is 0 Å². The molecule has 3 heterocycles. The molecule has 1 N–H and O–H groups in total. The van der Waals surface area contributed by atoms with Crippen molar-refractivity contribution in [1.29, 1.82) is 0 Å². The molecule has 1 aromatic heterocycles. The number of likely N-dealkylation sites (tertiary alicyclic amines) is 1. The van der Waals surface area contributed by atoms with Crippen molar-refractivity contribution in [2.45, 2.75) is 25.9 Å². The summed E-state index contributed by atoms with van der Waals surface area (Å²) in [5.41, 5.74) is 2.18. The summed E-state index contributed by atoms with van der Waals surface area (Å²) in [6, 6.07) is 1.12. The number of piperazine rings is 1. The maximum absolute atomic E-state index is 4.49. The van der Waals surface area contributed by atoms with Gasteiger partial charge >= 0.3 is 0 Å². The summed E-state index contributed by atoms with van der Waals surface area (Å²) in [5.74, 6) is 0. The van der Waals surface area contributed by atoms with Crippen LogP contribution in [0.5, 0.6) is 0 Å². The zero-order valence-electron chi connectivity index (χ0n) is 11.8. The van der Waals surface area contributed by atoms with Crippen LogP contribution in [0.4, 0.5) is 0 Å². The molecule has 2 aliphatic rings. The van der Waals surface area contributed by atoms with Gasteiger partial charge in [0, 0.05) is 57.7 Å². The minimum atomic E-state index is 0.382. The van der Waals surface area contributed by atoms with Gasteiger partial charge < -0.3 is 5.32 Å². The minimum Gasteiger partial charge on any atom is -0.314 e. The molecule has 2 fully saturated rings. The van der Waals surface area contributed by atoms with E-state index < -0.39 is 0 Å². The lowest BCUT2D eigenvalue weighted by Gasteiger charge is -2.49. The molecule has 5 heteroatoms. The third-order valence-corrected chi connectivity index (χ3v) is 4.42. The van der Waals surface area contributed by atoms with Gasteiger partial charge in [-0.15, -0.1) is 0 Å². The Bertz CT molecular complexity index is 424. The fourth-order valence-electron chi connectivity index (χ4n) is 3.08. The van der Waals surface area contributed by atoms with E-state index in [2.05, 4.69) is 32.0 Å². The monoisotopic (exact) mass is 261 g/mol. The Hall–Kier alpha value is -1.04. The smallest absolute Gasteiger partial charge is 0.0784 e. The highest BCUT2D eigenvalue weighted by Crippen LogP contribution is 2.27. The largest absolute Gasteiger partial charge is 0.314 e. The molecule has 3 rings (SSSR count). The van der Waals surface area contributed by atoms with E-state index in [1.54, 1.807) is 12.4 Å². The summed E-state index contributed by atoms with van der Waals surface area (Å²) < 4.78 is 0. The number of hydrogen-bond donors (Lipinski definition) is 1. The van der Waals surface area contributed by atoms with Gasteiger partial charge in [0.05, 0.1) is 17.4 Å². The van der Waals surface area contributed by atoms with Crippen LogP contribution in [0.25, 0.3) is 0 Å². The topological polar surface area (TPSA) is 44.3 Å². The van der Waals surface area contributed by atoms with Gasteiger partial charge in [0.2, 0.25) is 0 Å². The van der Waals surface area contributed by atoms with Gasteiger partial charge in [-0.3, -0.25) is 19.8 Å². The zero-order valence-corrected chi connectivity index (χ0v) is 11.8. The fraction of sp³-hybridized carbons (Fsp3) is 0.714. The summed E-state index contributed by atoms with van der Waals surface area (Å²) in [6.07, 6.45) is 3.57. The summed E-state index contributed by atoms with van der Waals surface area (Å²) in [7, 11) is 0. The van der Waals surface area contributed by atoms with E-state index in [1.165, 1.54) is 13.1 Å². The Morgan fingerprint density at radius 3 is 2.58 bits per heavy atom. The van der Waals surface area contributed by atoms with Gasteiger partial charge in [-0.2, -0.15) is 0 Å². The van der Waals surface area contributed by atoms with Crippen LogP contribution in [0.2, 0.25) is 0 Å². The van der Waals surface area contributed by atoms with Crippen LogP contribution in [0.3, 0.4) is 0 Å². The van der Waals surface area contributed by atoms with E-state index in [-0.39, 0.29) is 0 Å². The van der Waals surface area contributed by atoms with Crippen LogP contribution < -0.4 is 5.32 Å². The molecule has 0 saturated carbocycles. The zero-order chi connectivity index (χ0) is 13.2. The van der Waals surface area contributed by atoms with Crippen molar-refractivity contribution in [3.8, 4) is 0 Å². The average Bonchev–Trinajstić information content (AvgIpc) is 2.38. The van der Waals surface area contributed by atoms with E-state index in [0.717, 1.165) is 43.6 Å². The Kier molecular flexibility index (Phi) is 3.77. The molecule has 104 valence electrons. The maximum atomic E-state index is 4.49. The highest BCUT2D eigenvalue weighted by atomic mass is 15.3. The first-order chi connectivity index (χ1) is 9.25. The lowest BCUT2D eigenvalue weighted by Crippen LogP contribution is -2.63. The third-order valence-electron chi connectivity index (χ3n) is 4.42. The van der Waals surface area contributed by atoms with Crippen molar-refractivity contribution in [2.24, 2.45) is 0 Å². The molecule has 1 atom stereocenters. The standard InChI is InChI=1S/C14H23N5/c1-11-14(17-4-3-16-11)12(2)19-9-13(10-19)18-7-5-15-6-8-18/h3-4,12-13,15H,5-10H2,1-2H3. The number of nitrogens with one attached hydrogen (secondary N) is 1. The summed E-state index contributed by atoms with van der Waals surface area (Å²) in [6.45, 7) is 11.3. The molecule has 0 radical (unpaired) electrons. The number of nitrogens with zero attached hydrogens (tertiary/aromatic N) is 4. The van der Waals surface area contributed by atoms with Crippen molar-refractivity contribution >= 4 is 0 Å². The van der Waals surface area contributed by atoms with E-state index >= 15 is 0 Å². The van der Waals surface area contributed by atoms with Gasteiger partial charge in [0.1, 0.15) is 0 Å². The second-order valence-corrected chi connectivity index (χ2v) is 5.60. The number of aryl methyl sites for hydroxylation is 1. The predicted molar refractivity (Wildman–Crippen MR) is 75.0 cm³/mol. The number of hydrogen-bond acceptors (Lipinski definition) is 5. The van der Waals surface area contributed by atoms with E-state index in [9.17, 15) is 0 Å². The summed E-state index contributed by atoms with van der Waals surface area (Å²) >= 11 is 0. The van der Waals surface area contributed by atoms with E-state index in [0.29, 0.717) is 6.04 Å². The highest BCUT2D eigenvalue weighted by Gasteiger charge is 2.35. The van der Waals surface area contributed by atoms with Crippen molar-refractivity contribution in [2.75, 3.05) is 39.3 Å². The second kappa shape index (κ2) is 5.53. The van der Waals surface area contributed by atoms with E-state index in [1.807, 2.05) is 6.92 Å². The average molecular weight is 261 g/mol. The lowest BCUT2D eigenvalue weighted by atomic mass is 10.0. The van der Waals surface area contributed by atoms with Gasteiger partial charge in [0.25, 0.3) is 0 Å². The number of aromatic nitrogens is 2. The summed E-state index contributed by atoms with van der Waals surface area (Å²) in [5, 5.41) is 3.41. The minimum absolute atomic E-state index is 0.382. The first kappa shape index (κ1) is 13.0. The van der Waals surface area contributed by atoms with Gasteiger partial charge in [-0.25, -0.2) is 0 Å². The van der Waals surface area contributed by atoms with Crippen molar-refractivity contribution in [1.82, 2.24) is 25.1 Å². The van der Waals surface area contributed by atoms with Gasteiger partial charge in [-0.05, 0) is 13.8 Å². The van der Waals surface area contributed by atoms with Crippen LogP contribution in [-0.2, 0) is 0 Å². The molecule has 2 saturated heterocycles. The van der Waals surface area contributed by atoms with Crippen molar-refractivity contribution < 1.29 is 0 Å². The van der Waals surface area contributed by atoms with Gasteiger partial charge in [-0.1, -0.05) is 0 Å². The maximum Gasteiger partial charge on any atom is 0.0784 e. The number of rotatable bonds is 3. The molecule has 0 aliphatic carbocycles. The quantitative estimate of drug-likeness (QED) is 0.855. The third kappa shape index (κ3) is 2.63. The molecular weight excluding hydrogens is 238 g/mol. The van der Waals surface area contributed by atoms with Crippen LogP contribution in [0, 0.1) is 6.92 Å². The second-order valence-electron chi connectivity index (χ2n) is 5.60. The molecule has 1 unspecified atom stereocenters. The van der Waals surface area contributed by atoms with Crippen LogP contribution in [-0.4, -0.2) is 65.1 Å². The van der Waals surface area contributed by atoms with Crippen LogP contribution >= 0.6 is 0 Å². The normalized spacial score (nSPS) is 24.1. The lowest BCUT2D eigenvalue weighted by molar-refractivity contribution is 0.00221. The van der Waals surface area contributed by atoms with Crippen LogP contribution in [0.15, 0.2) is 12.4 Å². The predicted octanol–water partition coefficient (Wildman–Crippen LogP) is 0.435. The first-order valence-electron chi connectivity index (χ1n) is 7.22. The molecule has 0 aromatic carbocycles. The summed E-state index contributed by atoms with van der Waals surface area (Å²) in [4.78, 5) is 14.0. The molecule has 0 amide bonds. The Labute approximate surface area is 115 Å². The molecule has 0 spiro atoms. The fourth-order valence-corrected chi connectivity index (χ4v) is 3.08. The molecular formula is C14H23N5. The highest BCUT2D eigenvalue weighted by molar-refractivity contribution is 5.14. The Balaban J connectivity index is 1.56.